The molecule has 0 unspecified atom stereocenters. The third kappa shape index (κ3) is 4.25. The van der Waals surface area contributed by atoms with E-state index in [1.807, 2.05) is 0 Å². The van der Waals surface area contributed by atoms with Crippen LogP contribution in [-0.2, 0) is 0 Å². The molecule has 1 saturated heterocycles. The Hall–Kier alpha value is -0.600. The van der Waals surface area contributed by atoms with Crippen molar-refractivity contribution in [2.75, 3.05) is 32.7 Å². The highest BCUT2D eigenvalue weighted by Gasteiger charge is 2.08. The maximum Gasteiger partial charge on any atom is 0.0194 e. The van der Waals surface area contributed by atoms with Gasteiger partial charge in [0, 0.05) is 32.7 Å². The Morgan fingerprint density at radius 2 is 2.08 bits per heavy atom. The van der Waals surface area contributed by atoms with Crippen molar-refractivity contribution < 1.29 is 0 Å². The van der Waals surface area contributed by atoms with Crippen molar-refractivity contribution in [2.45, 2.75) is 13.8 Å². The van der Waals surface area contributed by atoms with Gasteiger partial charge >= 0.3 is 0 Å². The van der Waals surface area contributed by atoms with E-state index in [-0.39, 0.29) is 0 Å². The van der Waals surface area contributed by atoms with Crippen LogP contribution in [0.25, 0.3) is 0 Å². The highest BCUT2D eigenvalue weighted by molar-refractivity contribution is 5.11. The lowest BCUT2D eigenvalue weighted by Crippen LogP contribution is -2.43. The van der Waals surface area contributed by atoms with E-state index in [2.05, 4.69) is 42.3 Å². The fourth-order valence-electron chi connectivity index (χ4n) is 1.54. The van der Waals surface area contributed by atoms with Crippen molar-refractivity contribution >= 4 is 0 Å². The number of nitrogens with zero attached hydrogens (tertiary/aromatic N) is 1. The largest absolute Gasteiger partial charge is 0.314 e. The number of piperazine rings is 1. The summed E-state index contributed by atoms with van der Waals surface area (Å²) in [6.07, 6.45) is 6.38. The lowest BCUT2D eigenvalue weighted by molar-refractivity contribution is 0.259. The zero-order chi connectivity index (χ0) is 9.52. The van der Waals surface area contributed by atoms with Crippen LogP contribution in [-0.4, -0.2) is 37.6 Å². The molecular weight excluding hydrogens is 160 g/mol. The van der Waals surface area contributed by atoms with Crippen LogP contribution in [0.1, 0.15) is 13.8 Å². The lowest BCUT2D eigenvalue weighted by atomic mass is 10.2. The Kier molecular flexibility index (Phi) is 4.79. The van der Waals surface area contributed by atoms with Crippen LogP contribution in [0.15, 0.2) is 23.8 Å². The number of nitrogens with one attached hydrogen (secondary N) is 1. The molecule has 0 aromatic heterocycles. The summed E-state index contributed by atoms with van der Waals surface area (Å²) >= 11 is 0. The van der Waals surface area contributed by atoms with Gasteiger partial charge in [-0.2, -0.15) is 0 Å². The van der Waals surface area contributed by atoms with Crippen LogP contribution in [0.5, 0.6) is 0 Å². The van der Waals surface area contributed by atoms with Crippen molar-refractivity contribution in [1.29, 1.82) is 0 Å². The first-order valence-electron chi connectivity index (χ1n) is 5.04. The van der Waals surface area contributed by atoms with Gasteiger partial charge in [0.2, 0.25) is 0 Å². The number of allylic oxidation sites excluding steroid dienone is 3. The van der Waals surface area contributed by atoms with Crippen LogP contribution in [0.3, 0.4) is 0 Å². The Morgan fingerprint density at radius 3 is 2.69 bits per heavy atom. The average Bonchev–Trinajstić information content (AvgIpc) is 2.16. The minimum atomic E-state index is 1.12. The molecular formula is C11H20N2. The first-order chi connectivity index (χ1) is 6.33. The predicted molar refractivity (Wildman–Crippen MR) is 57.9 cm³/mol. The van der Waals surface area contributed by atoms with Gasteiger partial charge in [0.05, 0.1) is 0 Å². The quantitative estimate of drug-likeness (QED) is 0.661. The second-order valence-corrected chi connectivity index (χ2v) is 3.56. The molecule has 74 valence electrons. The fourth-order valence-corrected chi connectivity index (χ4v) is 1.54. The molecule has 0 aromatic rings. The average molecular weight is 180 g/mol. The first-order valence-corrected chi connectivity index (χ1v) is 5.04. The highest BCUT2D eigenvalue weighted by atomic mass is 15.2. The Balaban J connectivity index is 2.29. The molecule has 0 spiro atoms. The molecule has 0 atom stereocenters. The summed E-state index contributed by atoms with van der Waals surface area (Å²) in [5.41, 5.74) is 1.44. The molecule has 13 heavy (non-hydrogen) atoms. The van der Waals surface area contributed by atoms with Gasteiger partial charge in [-0.25, -0.2) is 0 Å². The number of rotatable bonds is 3. The van der Waals surface area contributed by atoms with Crippen LogP contribution < -0.4 is 5.32 Å². The van der Waals surface area contributed by atoms with Gasteiger partial charge in [0.1, 0.15) is 0 Å². The maximum atomic E-state index is 3.36. The van der Waals surface area contributed by atoms with Crippen LogP contribution in [0, 0.1) is 0 Å². The van der Waals surface area contributed by atoms with Crippen LogP contribution >= 0.6 is 0 Å². The van der Waals surface area contributed by atoms with E-state index in [1.54, 1.807) is 0 Å². The third-order valence-corrected chi connectivity index (χ3v) is 2.26. The monoisotopic (exact) mass is 180 g/mol. The molecule has 1 rings (SSSR count). The molecule has 1 aliphatic rings. The van der Waals surface area contributed by atoms with E-state index < -0.39 is 0 Å². The van der Waals surface area contributed by atoms with Gasteiger partial charge in [-0.05, 0) is 13.8 Å². The minimum Gasteiger partial charge on any atom is -0.314 e. The van der Waals surface area contributed by atoms with Gasteiger partial charge in [0.25, 0.3) is 0 Å². The molecule has 0 aliphatic carbocycles. The summed E-state index contributed by atoms with van der Waals surface area (Å²) in [4.78, 5) is 2.49. The van der Waals surface area contributed by atoms with Crippen LogP contribution in [0.4, 0.5) is 0 Å². The maximum absolute atomic E-state index is 3.36. The molecule has 0 radical (unpaired) electrons. The SMILES string of the molecule is C/C=C\C=C(/C)CN1CCNCC1. The van der Waals surface area contributed by atoms with Gasteiger partial charge in [0.15, 0.2) is 0 Å². The van der Waals surface area contributed by atoms with Crippen molar-refractivity contribution in [3.63, 3.8) is 0 Å². The summed E-state index contributed by atoms with van der Waals surface area (Å²) in [6, 6.07) is 0. The summed E-state index contributed by atoms with van der Waals surface area (Å²) < 4.78 is 0. The molecule has 2 heteroatoms. The smallest absolute Gasteiger partial charge is 0.0194 e. The summed E-state index contributed by atoms with van der Waals surface area (Å²) in [7, 11) is 0. The molecule has 0 aromatic carbocycles. The van der Waals surface area contributed by atoms with Gasteiger partial charge in [-0.3, -0.25) is 4.90 Å². The molecule has 0 bridgehead atoms. The lowest BCUT2D eigenvalue weighted by Gasteiger charge is -2.27. The highest BCUT2D eigenvalue weighted by Crippen LogP contribution is 2.00. The van der Waals surface area contributed by atoms with Crippen LogP contribution in [0.2, 0.25) is 0 Å². The van der Waals surface area contributed by atoms with Crippen molar-refractivity contribution in [2.24, 2.45) is 0 Å². The summed E-state index contributed by atoms with van der Waals surface area (Å²) in [5, 5.41) is 3.36. The van der Waals surface area contributed by atoms with E-state index in [0.29, 0.717) is 0 Å². The summed E-state index contributed by atoms with van der Waals surface area (Å²) in [6.45, 7) is 10.00. The normalized spacial score (nSPS) is 21.2. The molecule has 2 nitrogen and oxygen atoms in total. The predicted octanol–water partition coefficient (Wildman–Crippen LogP) is 1.41. The van der Waals surface area contributed by atoms with Gasteiger partial charge in [-0.1, -0.05) is 23.8 Å². The van der Waals surface area contributed by atoms with Crippen molar-refractivity contribution in [3.05, 3.63) is 23.8 Å². The second-order valence-electron chi connectivity index (χ2n) is 3.56. The first kappa shape index (κ1) is 10.5. The Morgan fingerprint density at radius 1 is 1.38 bits per heavy atom. The number of hydrogen-bond acceptors (Lipinski definition) is 2. The molecule has 0 amide bonds. The standard InChI is InChI=1S/C11H20N2/c1-3-4-5-11(2)10-13-8-6-12-7-9-13/h3-5,12H,6-10H2,1-2H3/b4-3-,11-5+. The molecule has 1 fully saturated rings. The molecule has 1 heterocycles. The zero-order valence-corrected chi connectivity index (χ0v) is 8.71. The van der Waals surface area contributed by atoms with E-state index in [0.717, 1.165) is 19.6 Å². The van der Waals surface area contributed by atoms with E-state index in [1.165, 1.54) is 18.7 Å². The van der Waals surface area contributed by atoms with Crippen molar-refractivity contribution in [3.8, 4) is 0 Å². The Labute approximate surface area is 81.3 Å². The van der Waals surface area contributed by atoms with E-state index in [4.69, 9.17) is 0 Å². The number of hydrogen-bond donors (Lipinski definition) is 1. The minimum absolute atomic E-state index is 1.12. The molecule has 1 N–H and O–H groups in total. The third-order valence-electron chi connectivity index (χ3n) is 2.26. The topological polar surface area (TPSA) is 15.3 Å². The molecule has 1 aliphatic heterocycles. The second kappa shape index (κ2) is 5.95. The fraction of sp³-hybridized carbons (Fsp3) is 0.636. The van der Waals surface area contributed by atoms with E-state index in [9.17, 15) is 0 Å². The van der Waals surface area contributed by atoms with Gasteiger partial charge in [-0.15, -0.1) is 0 Å². The summed E-state index contributed by atoms with van der Waals surface area (Å²) in [5.74, 6) is 0. The van der Waals surface area contributed by atoms with Gasteiger partial charge < -0.3 is 5.32 Å². The Bertz CT molecular complexity index is 188. The van der Waals surface area contributed by atoms with Crippen molar-refractivity contribution in [1.82, 2.24) is 10.2 Å². The zero-order valence-electron chi connectivity index (χ0n) is 8.71. The molecule has 0 saturated carbocycles. The van der Waals surface area contributed by atoms with E-state index >= 15 is 0 Å².